The van der Waals surface area contributed by atoms with Gasteiger partial charge in [0.15, 0.2) is 11.5 Å². The Labute approximate surface area is 118 Å². The van der Waals surface area contributed by atoms with Crippen molar-refractivity contribution in [3.8, 4) is 11.5 Å². The maximum atomic E-state index is 10.9. The van der Waals surface area contributed by atoms with Crippen molar-refractivity contribution in [3.63, 3.8) is 0 Å². The van der Waals surface area contributed by atoms with Gasteiger partial charge in [0.1, 0.15) is 0 Å². The third-order valence-corrected chi connectivity index (χ3v) is 3.46. The fourth-order valence-corrected chi connectivity index (χ4v) is 2.46. The number of phenolic OH excluding ortho intramolecular Hbond substituents is 1. The van der Waals surface area contributed by atoms with E-state index in [-0.39, 0.29) is 30.6 Å². The average molecular weight is 283 g/mol. The van der Waals surface area contributed by atoms with Gasteiger partial charge >= 0.3 is 0 Å². The molecule has 0 radical (unpaired) electrons. The highest BCUT2D eigenvalue weighted by Gasteiger charge is 2.30. The molecule has 6 heteroatoms. The van der Waals surface area contributed by atoms with Crippen LogP contribution in [0.15, 0.2) is 18.2 Å². The van der Waals surface area contributed by atoms with Crippen molar-refractivity contribution in [1.82, 2.24) is 0 Å². The molecule has 6 nitrogen and oxygen atoms in total. The van der Waals surface area contributed by atoms with Crippen LogP contribution in [0.25, 0.3) is 0 Å². The van der Waals surface area contributed by atoms with Crippen LogP contribution in [-0.2, 0) is 0 Å². The van der Waals surface area contributed by atoms with Crippen molar-refractivity contribution in [2.45, 2.75) is 25.7 Å². The van der Waals surface area contributed by atoms with Gasteiger partial charge in [0, 0.05) is 17.1 Å². The second kappa shape index (κ2) is 7.69. The molecule has 0 aromatic heterocycles. The number of aliphatic hydroxyl groups is 1. The zero-order chi connectivity index (χ0) is 15.1. The number of phenols is 1. The predicted molar refractivity (Wildman–Crippen MR) is 74.7 cm³/mol. The van der Waals surface area contributed by atoms with Gasteiger partial charge in [0.05, 0.1) is 13.0 Å². The van der Waals surface area contributed by atoms with E-state index in [1.165, 1.54) is 7.11 Å². The highest BCUT2D eigenvalue weighted by Crippen LogP contribution is 2.38. The van der Waals surface area contributed by atoms with Crippen molar-refractivity contribution in [3.05, 3.63) is 33.9 Å². The molecule has 0 spiro atoms. The Morgan fingerprint density at radius 2 is 2.15 bits per heavy atom. The molecule has 1 rings (SSSR count). The molecule has 0 saturated carbocycles. The van der Waals surface area contributed by atoms with E-state index in [9.17, 15) is 20.3 Å². The van der Waals surface area contributed by atoms with Crippen LogP contribution in [0.3, 0.4) is 0 Å². The van der Waals surface area contributed by atoms with Crippen LogP contribution in [0.2, 0.25) is 0 Å². The minimum Gasteiger partial charge on any atom is -0.504 e. The number of para-hydroxylation sites is 1. The number of methoxy groups -OCH3 is 1. The van der Waals surface area contributed by atoms with Gasteiger partial charge in [-0.25, -0.2) is 0 Å². The Balaban J connectivity index is 3.18. The van der Waals surface area contributed by atoms with Crippen molar-refractivity contribution in [2.75, 3.05) is 20.3 Å². The monoisotopic (exact) mass is 283 g/mol. The van der Waals surface area contributed by atoms with Gasteiger partial charge < -0.3 is 14.9 Å². The third-order valence-electron chi connectivity index (χ3n) is 3.46. The summed E-state index contributed by atoms with van der Waals surface area (Å²) in [5.74, 6) is -0.603. The molecule has 0 aliphatic rings. The Morgan fingerprint density at radius 1 is 1.45 bits per heavy atom. The van der Waals surface area contributed by atoms with Gasteiger partial charge in [-0.15, -0.1) is 0 Å². The number of hydrogen-bond acceptors (Lipinski definition) is 5. The second-order valence-corrected chi connectivity index (χ2v) is 4.75. The maximum absolute atomic E-state index is 10.9. The summed E-state index contributed by atoms with van der Waals surface area (Å²) < 4.78 is 5.03. The van der Waals surface area contributed by atoms with E-state index in [4.69, 9.17) is 4.74 Å². The van der Waals surface area contributed by atoms with Crippen LogP contribution in [0.1, 0.15) is 31.2 Å². The standard InChI is InChI=1S/C14H21NO5/c1-3-5-10(9-16)12(8-15(18)19)11-6-4-7-13(20-2)14(11)17/h4,6-7,10,12,16-17H,3,5,8-9H2,1-2H3. The van der Waals surface area contributed by atoms with Crippen LogP contribution in [-0.4, -0.2) is 35.4 Å². The molecular formula is C14H21NO5. The zero-order valence-corrected chi connectivity index (χ0v) is 11.8. The summed E-state index contributed by atoms with van der Waals surface area (Å²) in [4.78, 5) is 10.5. The van der Waals surface area contributed by atoms with E-state index in [0.29, 0.717) is 12.0 Å². The number of benzene rings is 1. The number of aromatic hydroxyl groups is 1. The number of rotatable bonds is 8. The van der Waals surface area contributed by atoms with Crippen molar-refractivity contribution in [2.24, 2.45) is 5.92 Å². The van der Waals surface area contributed by atoms with E-state index < -0.39 is 10.8 Å². The molecule has 2 atom stereocenters. The lowest BCUT2D eigenvalue weighted by Gasteiger charge is -2.23. The number of ether oxygens (including phenoxy) is 1. The highest BCUT2D eigenvalue weighted by molar-refractivity contribution is 5.47. The van der Waals surface area contributed by atoms with Crippen molar-refractivity contribution < 1.29 is 19.9 Å². The minimum absolute atomic E-state index is 0.0867. The van der Waals surface area contributed by atoms with E-state index in [2.05, 4.69) is 0 Å². The Bertz CT molecular complexity index is 449. The van der Waals surface area contributed by atoms with E-state index >= 15 is 0 Å². The van der Waals surface area contributed by atoms with E-state index in [1.54, 1.807) is 18.2 Å². The zero-order valence-electron chi connectivity index (χ0n) is 11.8. The SMILES string of the molecule is CCCC(CO)C(C[N+](=O)[O-])c1cccc(OC)c1O. The Kier molecular flexibility index (Phi) is 6.24. The fourth-order valence-electron chi connectivity index (χ4n) is 2.46. The normalized spacial score (nSPS) is 13.8. The quantitative estimate of drug-likeness (QED) is 0.563. The number of nitro groups is 1. The molecule has 0 amide bonds. The lowest BCUT2D eigenvalue weighted by molar-refractivity contribution is -0.485. The first kappa shape index (κ1) is 16.2. The largest absolute Gasteiger partial charge is 0.504 e. The molecule has 1 aromatic carbocycles. The minimum atomic E-state index is -0.537. The molecule has 0 aliphatic heterocycles. The molecule has 0 bridgehead atoms. The van der Waals surface area contributed by atoms with Crippen LogP contribution in [0, 0.1) is 16.0 Å². The lowest BCUT2D eigenvalue weighted by Crippen LogP contribution is -2.24. The molecular weight excluding hydrogens is 262 g/mol. The fraction of sp³-hybridized carbons (Fsp3) is 0.571. The van der Waals surface area contributed by atoms with Gasteiger partial charge in [-0.3, -0.25) is 10.1 Å². The molecule has 20 heavy (non-hydrogen) atoms. The summed E-state index contributed by atoms with van der Waals surface area (Å²) in [7, 11) is 1.43. The van der Waals surface area contributed by atoms with Crippen LogP contribution in [0.5, 0.6) is 11.5 Å². The van der Waals surface area contributed by atoms with Gasteiger partial charge in [-0.2, -0.15) is 0 Å². The summed E-state index contributed by atoms with van der Waals surface area (Å²) in [6.45, 7) is 1.48. The third kappa shape index (κ3) is 3.84. The number of nitrogens with zero attached hydrogens (tertiary/aromatic N) is 1. The predicted octanol–water partition coefficient (Wildman–Crippen LogP) is 2.17. The van der Waals surface area contributed by atoms with Gasteiger partial charge in [0.25, 0.3) is 0 Å². The molecule has 1 aromatic rings. The van der Waals surface area contributed by atoms with Crippen molar-refractivity contribution in [1.29, 1.82) is 0 Å². The van der Waals surface area contributed by atoms with E-state index in [0.717, 1.165) is 6.42 Å². The molecule has 0 fully saturated rings. The summed E-state index contributed by atoms with van der Waals surface area (Å²) in [6, 6.07) is 4.92. The topological polar surface area (TPSA) is 92.8 Å². The van der Waals surface area contributed by atoms with Crippen LogP contribution < -0.4 is 4.74 Å². The lowest BCUT2D eigenvalue weighted by atomic mass is 9.83. The Hall–Kier alpha value is -1.82. The molecule has 0 saturated heterocycles. The first-order chi connectivity index (χ1) is 9.54. The molecule has 0 heterocycles. The Morgan fingerprint density at radius 3 is 2.65 bits per heavy atom. The maximum Gasteiger partial charge on any atom is 0.211 e. The number of aliphatic hydroxyl groups excluding tert-OH is 1. The van der Waals surface area contributed by atoms with Crippen LogP contribution in [0.4, 0.5) is 0 Å². The van der Waals surface area contributed by atoms with Gasteiger partial charge in [-0.1, -0.05) is 25.5 Å². The smallest absolute Gasteiger partial charge is 0.211 e. The molecule has 0 aliphatic carbocycles. The average Bonchev–Trinajstić information content (AvgIpc) is 2.43. The van der Waals surface area contributed by atoms with Crippen LogP contribution >= 0.6 is 0 Å². The molecule has 2 N–H and O–H groups in total. The highest BCUT2D eigenvalue weighted by atomic mass is 16.6. The van der Waals surface area contributed by atoms with Crippen molar-refractivity contribution >= 4 is 0 Å². The second-order valence-electron chi connectivity index (χ2n) is 4.75. The summed E-state index contributed by atoms with van der Waals surface area (Å²) in [5, 5.41) is 30.5. The summed E-state index contributed by atoms with van der Waals surface area (Å²) in [5.41, 5.74) is 0.452. The first-order valence-corrected chi connectivity index (χ1v) is 6.63. The van der Waals surface area contributed by atoms with E-state index in [1.807, 2.05) is 6.92 Å². The molecule has 2 unspecified atom stereocenters. The van der Waals surface area contributed by atoms with Gasteiger partial charge in [-0.05, 0) is 18.4 Å². The summed E-state index contributed by atoms with van der Waals surface area (Å²) in [6.07, 6.45) is 1.47. The molecule has 112 valence electrons. The first-order valence-electron chi connectivity index (χ1n) is 6.63. The number of hydrogen-bond donors (Lipinski definition) is 2. The summed E-state index contributed by atoms with van der Waals surface area (Å²) >= 11 is 0. The van der Waals surface area contributed by atoms with Gasteiger partial charge in [0.2, 0.25) is 6.54 Å².